The summed E-state index contributed by atoms with van der Waals surface area (Å²) in [5.41, 5.74) is 0.240. The van der Waals surface area contributed by atoms with E-state index in [0.717, 1.165) is 13.1 Å². The first-order valence-corrected chi connectivity index (χ1v) is 6.07. The Morgan fingerprint density at radius 1 is 1.40 bits per heavy atom. The quantitative estimate of drug-likeness (QED) is 0.730. The fourth-order valence-electron chi connectivity index (χ4n) is 2.64. The highest BCUT2D eigenvalue weighted by atomic mass is 16.5. The smallest absolute Gasteiger partial charge is 0.0301 e. The Balaban J connectivity index is 2.62. The van der Waals surface area contributed by atoms with Crippen molar-refractivity contribution in [2.75, 3.05) is 26.7 Å². The summed E-state index contributed by atoms with van der Waals surface area (Å²) in [6, 6.07) is 0.617. The molecule has 90 valence electrons. The lowest BCUT2D eigenvalue weighted by atomic mass is 9.85. The van der Waals surface area contributed by atoms with Crippen LogP contribution in [0.4, 0.5) is 0 Å². The second-order valence-electron chi connectivity index (χ2n) is 5.65. The average Bonchev–Trinajstić information content (AvgIpc) is 2.25. The summed E-state index contributed by atoms with van der Waals surface area (Å²) >= 11 is 0. The third-order valence-corrected chi connectivity index (χ3v) is 3.40. The van der Waals surface area contributed by atoms with Crippen LogP contribution >= 0.6 is 0 Å². The van der Waals surface area contributed by atoms with Crippen molar-refractivity contribution in [2.45, 2.75) is 46.1 Å². The molecule has 1 fully saturated rings. The maximum Gasteiger partial charge on any atom is 0.0301 e. The predicted octanol–water partition coefficient (Wildman–Crippen LogP) is 2.21. The number of nitrogens with zero attached hydrogens (tertiary/aromatic N) is 2. The fourth-order valence-corrected chi connectivity index (χ4v) is 2.64. The van der Waals surface area contributed by atoms with Crippen LogP contribution in [-0.2, 0) is 0 Å². The second kappa shape index (κ2) is 5.28. The van der Waals surface area contributed by atoms with Gasteiger partial charge in [-0.05, 0) is 38.6 Å². The SMILES string of the molecule is CC(C)N1CCCCC(C)(CN(C)O)C1. The average molecular weight is 214 g/mol. The summed E-state index contributed by atoms with van der Waals surface area (Å²) in [5, 5.41) is 10.7. The van der Waals surface area contributed by atoms with Crippen LogP contribution in [0.15, 0.2) is 0 Å². The molecule has 15 heavy (non-hydrogen) atoms. The Bertz CT molecular complexity index is 194. The molecule has 1 atom stereocenters. The molecule has 0 aromatic rings. The molecule has 0 saturated carbocycles. The number of hydrogen-bond acceptors (Lipinski definition) is 3. The molecule has 0 bridgehead atoms. The van der Waals surface area contributed by atoms with Crippen molar-refractivity contribution in [3.63, 3.8) is 0 Å². The zero-order valence-electron chi connectivity index (χ0n) is 10.7. The molecule has 1 unspecified atom stereocenters. The lowest BCUT2D eigenvalue weighted by Gasteiger charge is -2.36. The van der Waals surface area contributed by atoms with Gasteiger partial charge in [-0.25, -0.2) is 0 Å². The highest BCUT2D eigenvalue weighted by Crippen LogP contribution is 2.30. The van der Waals surface area contributed by atoms with Crippen LogP contribution in [0.5, 0.6) is 0 Å². The summed E-state index contributed by atoms with van der Waals surface area (Å²) in [5.74, 6) is 0. The first-order chi connectivity index (χ1) is 6.93. The molecule has 0 amide bonds. The van der Waals surface area contributed by atoms with Gasteiger partial charge in [0.1, 0.15) is 0 Å². The van der Waals surface area contributed by atoms with Gasteiger partial charge >= 0.3 is 0 Å². The standard InChI is InChI=1S/C12H26N2O/c1-11(2)14-8-6-5-7-12(3,10-14)9-13(4)15/h11,15H,5-10H2,1-4H3. The molecule has 1 rings (SSSR count). The van der Waals surface area contributed by atoms with Crippen molar-refractivity contribution >= 4 is 0 Å². The van der Waals surface area contributed by atoms with Gasteiger partial charge < -0.3 is 10.1 Å². The summed E-state index contributed by atoms with van der Waals surface area (Å²) in [6.45, 7) is 9.90. The first-order valence-electron chi connectivity index (χ1n) is 6.07. The minimum atomic E-state index is 0.240. The molecule has 1 saturated heterocycles. The van der Waals surface area contributed by atoms with Crippen molar-refractivity contribution in [1.29, 1.82) is 0 Å². The van der Waals surface area contributed by atoms with Crippen molar-refractivity contribution in [3.8, 4) is 0 Å². The van der Waals surface area contributed by atoms with Gasteiger partial charge in [0.25, 0.3) is 0 Å². The minimum Gasteiger partial charge on any atom is -0.314 e. The maximum absolute atomic E-state index is 9.40. The molecule has 3 nitrogen and oxygen atoms in total. The first kappa shape index (κ1) is 12.9. The van der Waals surface area contributed by atoms with Crippen LogP contribution in [0, 0.1) is 5.41 Å². The van der Waals surface area contributed by atoms with E-state index in [1.54, 1.807) is 7.05 Å². The predicted molar refractivity (Wildman–Crippen MR) is 63.1 cm³/mol. The monoisotopic (exact) mass is 214 g/mol. The van der Waals surface area contributed by atoms with Crippen molar-refractivity contribution in [3.05, 3.63) is 0 Å². The summed E-state index contributed by atoms with van der Waals surface area (Å²) in [6.07, 6.45) is 3.80. The second-order valence-corrected chi connectivity index (χ2v) is 5.65. The molecule has 1 aliphatic heterocycles. The third kappa shape index (κ3) is 4.09. The minimum absolute atomic E-state index is 0.240. The summed E-state index contributed by atoms with van der Waals surface area (Å²) in [4.78, 5) is 2.54. The number of hydroxylamine groups is 2. The van der Waals surface area contributed by atoms with Crippen LogP contribution in [0.25, 0.3) is 0 Å². The number of rotatable bonds is 3. The Morgan fingerprint density at radius 3 is 2.60 bits per heavy atom. The molecule has 0 aliphatic carbocycles. The third-order valence-electron chi connectivity index (χ3n) is 3.40. The molecule has 0 aromatic carbocycles. The van der Waals surface area contributed by atoms with Gasteiger partial charge in [-0.15, -0.1) is 0 Å². The Kier molecular flexibility index (Phi) is 4.56. The molecule has 1 heterocycles. The van der Waals surface area contributed by atoms with Gasteiger partial charge in [0, 0.05) is 26.2 Å². The lowest BCUT2D eigenvalue weighted by Crippen LogP contribution is -2.43. The van der Waals surface area contributed by atoms with Crippen LogP contribution < -0.4 is 0 Å². The normalized spacial score (nSPS) is 29.8. The highest BCUT2D eigenvalue weighted by Gasteiger charge is 2.31. The largest absolute Gasteiger partial charge is 0.314 e. The molecule has 0 spiro atoms. The molecular weight excluding hydrogens is 188 g/mol. The maximum atomic E-state index is 9.40. The van der Waals surface area contributed by atoms with Crippen LogP contribution in [0.3, 0.4) is 0 Å². The Labute approximate surface area is 94.0 Å². The molecule has 0 radical (unpaired) electrons. The molecule has 1 aliphatic rings. The topological polar surface area (TPSA) is 26.7 Å². The Morgan fingerprint density at radius 2 is 2.07 bits per heavy atom. The van der Waals surface area contributed by atoms with E-state index in [1.165, 1.54) is 30.9 Å². The van der Waals surface area contributed by atoms with E-state index in [2.05, 4.69) is 25.7 Å². The summed E-state index contributed by atoms with van der Waals surface area (Å²) in [7, 11) is 1.75. The Hall–Kier alpha value is -0.120. The molecular formula is C12H26N2O. The van der Waals surface area contributed by atoms with Gasteiger partial charge in [-0.3, -0.25) is 0 Å². The highest BCUT2D eigenvalue weighted by molar-refractivity contribution is 4.84. The van der Waals surface area contributed by atoms with E-state index >= 15 is 0 Å². The van der Waals surface area contributed by atoms with Gasteiger partial charge in [0.05, 0.1) is 0 Å². The molecule has 1 N–H and O–H groups in total. The van der Waals surface area contributed by atoms with E-state index in [4.69, 9.17) is 0 Å². The van der Waals surface area contributed by atoms with E-state index in [1.807, 2.05) is 0 Å². The fraction of sp³-hybridized carbons (Fsp3) is 1.00. The zero-order valence-corrected chi connectivity index (χ0v) is 10.7. The van der Waals surface area contributed by atoms with Crippen molar-refractivity contribution in [2.24, 2.45) is 5.41 Å². The molecule has 0 aromatic heterocycles. The van der Waals surface area contributed by atoms with E-state index in [0.29, 0.717) is 6.04 Å². The lowest BCUT2D eigenvalue weighted by molar-refractivity contribution is -0.0962. The van der Waals surface area contributed by atoms with Gasteiger partial charge in [0.15, 0.2) is 0 Å². The van der Waals surface area contributed by atoms with Crippen molar-refractivity contribution in [1.82, 2.24) is 9.96 Å². The van der Waals surface area contributed by atoms with Gasteiger partial charge in [-0.1, -0.05) is 13.3 Å². The van der Waals surface area contributed by atoms with Crippen LogP contribution in [0.1, 0.15) is 40.0 Å². The van der Waals surface area contributed by atoms with Crippen LogP contribution in [0.2, 0.25) is 0 Å². The van der Waals surface area contributed by atoms with E-state index < -0.39 is 0 Å². The zero-order chi connectivity index (χ0) is 11.5. The number of likely N-dealkylation sites (tertiary alicyclic amines) is 1. The number of hydrogen-bond donors (Lipinski definition) is 1. The molecule has 3 heteroatoms. The van der Waals surface area contributed by atoms with Gasteiger partial charge in [0.2, 0.25) is 0 Å². The van der Waals surface area contributed by atoms with Crippen LogP contribution in [-0.4, -0.2) is 47.9 Å². The van der Waals surface area contributed by atoms with E-state index in [9.17, 15) is 5.21 Å². The summed E-state index contributed by atoms with van der Waals surface area (Å²) < 4.78 is 0. The van der Waals surface area contributed by atoms with Gasteiger partial charge in [-0.2, -0.15) is 5.06 Å². The van der Waals surface area contributed by atoms with Crippen molar-refractivity contribution < 1.29 is 5.21 Å². The van der Waals surface area contributed by atoms with E-state index in [-0.39, 0.29) is 5.41 Å².